The Labute approximate surface area is 233 Å². The number of aliphatic imine (C=N–C) groups is 1. The van der Waals surface area contributed by atoms with E-state index in [4.69, 9.17) is 9.73 Å². The lowest BCUT2D eigenvalue weighted by atomic mass is 9.96. The first kappa shape index (κ1) is 27.5. The molecule has 7 atom stereocenters. The van der Waals surface area contributed by atoms with E-state index >= 15 is 0 Å². The minimum atomic E-state index is -4.33. The molecule has 0 radical (unpaired) electrons. The lowest BCUT2D eigenvalue weighted by molar-refractivity contribution is -0.137. The highest BCUT2D eigenvalue weighted by Crippen LogP contribution is 2.40. The molecule has 12 heteroatoms. The van der Waals surface area contributed by atoms with Crippen molar-refractivity contribution in [3.05, 3.63) is 41.7 Å². The van der Waals surface area contributed by atoms with E-state index in [1.807, 2.05) is 0 Å². The molecule has 2 saturated heterocycles. The van der Waals surface area contributed by atoms with Crippen LogP contribution >= 0.6 is 0 Å². The number of alkyl halides is 3. The number of nitrogens with one attached hydrogen (secondary N) is 1. The third kappa shape index (κ3) is 4.87. The van der Waals surface area contributed by atoms with Crippen molar-refractivity contribution < 1.29 is 17.9 Å². The molecule has 40 heavy (non-hydrogen) atoms. The van der Waals surface area contributed by atoms with Gasteiger partial charge in [-0.05, 0) is 57.7 Å². The van der Waals surface area contributed by atoms with Gasteiger partial charge in [-0.3, -0.25) is 19.4 Å². The van der Waals surface area contributed by atoms with Crippen molar-refractivity contribution in [1.29, 1.82) is 0 Å². The average Bonchev–Trinajstić information content (AvgIpc) is 3.68. The molecule has 4 aliphatic heterocycles. The Morgan fingerprint density at radius 1 is 1.18 bits per heavy atom. The van der Waals surface area contributed by atoms with Gasteiger partial charge >= 0.3 is 6.18 Å². The monoisotopic (exact) mass is 560 g/mol. The van der Waals surface area contributed by atoms with E-state index in [0.717, 1.165) is 62.9 Å². The van der Waals surface area contributed by atoms with E-state index in [9.17, 15) is 13.2 Å². The number of aromatic nitrogens is 3. The summed E-state index contributed by atoms with van der Waals surface area (Å²) in [6.45, 7) is 11.8. The number of hydrogen-bond acceptors (Lipinski definition) is 8. The zero-order chi connectivity index (χ0) is 28.2. The molecule has 2 aromatic rings. The second-order valence-corrected chi connectivity index (χ2v) is 11.6. The third-order valence-corrected chi connectivity index (χ3v) is 9.24. The standard InChI is InChI=1S/C28H39F3N8O/c1-5-22-14-36(17(2)13-37(22)18(3)20-8-10-21(11-9-20)28(29,30)31)25-24-26(39-16-32-35-27(39)34-25)38(19(4)33-24)15-23-7-6-12-40-23/h8-11,16-18,22-26H,5-7,12-15H2,1-4H3,(H,34,35)/t17-,18-,22+,23-,24?,25?,26?/m0/s1. The quantitative estimate of drug-likeness (QED) is 0.562. The number of ether oxygens (including phenoxy) is 1. The summed E-state index contributed by atoms with van der Waals surface area (Å²) in [5, 5.41) is 12.3. The van der Waals surface area contributed by atoms with Crippen LogP contribution in [0.4, 0.5) is 19.1 Å². The summed E-state index contributed by atoms with van der Waals surface area (Å²) >= 11 is 0. The van der Waals surface area contributed by atoms with Gasteiger partial charge in [-0.1, -0.05) is 19.1 Å². The number of halogens is 3. The number of benzene rings is 1. The summed E-state index contributed by atoms with van der Waals surface area (Å²) in [5.41, 5.74) is 0.289. The lowest BCUT2D eigenvalue weighted by Crippen LogP contribution is -2.65. The first-order chi connectivity index (χ1) is 19.2. The summed E-state index contributed by atoms with van der Waals surface area (Å²) < 4.78 is 47.5. The van der Waals surface area contributed by atoms with Gasteiger partial charge in [-0.25, -0.2) is 0 Å². The molecule has 0 bridgehead atoms. The Morgan fingerprint density at radius 2 is 1.95 bits per heavy atom. The van der Waals surface area contributed by atoms with E-state index in [1.165, 1.54) is 12.1 Å². The molecule has 1 aromatic heterocycles. The Morgan fingerprint density at radius 3 is 2.62 bits per heavy atom. The maximum Gasteiger partial charge on any atom is 0.416 e. The van der Waals surface area contributed by atoms with Crippen LogP contribution in [0.15, 0.2) is 35.6 Å². The molecule has 6 rings (SSSR count). The van der Waals surface area contributed by atoms with Gasteiger partial charge < -0.3 is 15.0 Å². The molecular weight excluding hydrogens is 521 g/mol. The first-order valence-electron chi connectivity index (χ1n) is 14.4. The lowest BCUT2D eigenvalue weighted by Gasteiger charge is -2.52. The van der Waals surface area contributed by atoms with Gasteiger partial charge in [-0.15, -0.1) is 10.2 Å². The van der Waals surface area contributed by atoms with Crippen LogP contribution in [0.1, 0.15) is 70.3 Å². The summed E-state index contributed by atoms with van der Waals surface area (Å²) in [4.78, 5) is 12.5. The number of piperazine rings is 1. The normalized spacial score (nSPS) is 32.0. The fourth-order valence-electron chi connectivity index (χ4n) is 7.02. The van der Waals surface area contributed by atoms with Crippen molar-refractivity contribution in [2.45, 2.75) is 95.7 Å². The molecule has 0 amide bonds. The van der Waals surface area contributed by atoms with Gasteiger partial charge in [-0.2, -0.15) is 13.2 Å². The summed E-state index contributed by atoms with van der Waals surface area (Å²) in [7, 11) is 0. The van der Waals surface area contributed by atoms with Crippen LogP contribution in [0.2, 0.25) is 0 Å². The fraction of sp³-hybridized carbons (Fsp3) is 0.679. The predicted octanol–water partition coefficient (Wildman–Crippen LogP) is 4.37. The van der Waals surface area contributed by atoms with E-state index < -0.39 is 11.7 Å². The molecule has 0 spiro atoms. The molecule has 2 fully saturated rings. The van der Waals surface area contributed by atoms with Crippen LogP contribution in [0.3, 0.4) is 0 Å². The van der Waals surface area contributed by atoms with E-state index in [-0.39, 0.29) is 42.6 Å². The molecule has 4 aliphatic rings. The van der Waals surface area contributed by atoms with Gasteiger partial charge in [0.2, 0.25) is 5.95 Å². The Kier molecular flexibility index (Phi) is 7.28. The van der Waals surface area contributed by atoms with Crippen molar-refractivity contribution in [1.82, 2.24) is 29.5 Å². The molecule has 1 N–H and O–H groups in total. The Hall–Kier alpha value is -2.70. The van der Waals surface area contributed by atoms with Gasteiger partial charge in [0.05, 0.1) is 17.5 Å². The zero-order valence-corrected chi connectivity index (χ0v) is 23.6. The minimum absolute atomic E-state index is 0.000597. The summed E-state index contributed by atoms with van der Waals surface area (Å²) in [6.07, 6.45) is 0.672. The average molecular weight is 561 g/mol. The highest BCUT2D eigenvalue weighted by Gasteiger charge is 2.50. The highest BCUT2D eigenvalue weighted by atomic mass is 19.4. The molecule has 0 saturated carbocycles. The van der Waals surface area contributed by atoms with Crippen LogP contribution in [0.5, 0.6) is 0 Å². The number of nitrogens with zero attached hydrogens (tertiary/aromatic N) is 7. The fourth-order valence-corrected chi connectivity index (χ4v) is 7.02. The predicted molar refractivity (Wildman–Crippen MR) is 146 cm³/mol. The van der Waals surface area contributed by atoms with Gasteiger partial charge in [0.1, 0.15) is 24.7 Å². The van der Waals surface area contributed by atoms with Gasteiger partial charge in [0.15, 0.2) is 0 Å². The second kappa shape index (κ2) is 10.6. The topological polar surface area (TPSA) is 74.0 Å². The molecular formula is C28H39F3N8O. The van der Waals surface area contributed by atoms with Crippen LogP contribution in [-0.2, 0) is 10.9 Å². The van der Waals surface area contributed by atoms with Crippen LogP contribution in [0, 0.1) is 0 Å². The van der Waals surface area contributed by atoms with Crippen LogP contribution in [-0.4, -0.2) is 91.9 Å². The van der Waals surface area contributed by atoms with E-state index in [0.29, 0.717) is 0 Å². The van der Waals surface area contributed by atoms with Gasteiger partial charge in [0.25, 0.3) is 0 Å². The maximum atomic E-state index is 13.1. The van der Waals surface area contributed by atoms with E-state index in [2.05, 4.69) is 62.5 Å². The molecule has 5 heterocycles. The largest absolute Gasteiger partial charge is 0.416 e. The van der Waals surface area contributed by atoms with Crippen LogP contribution in [0.25, 0.3) is 0 Å². The van der Waals surface area contributed by atoms with Crippen molar-refractivity contribution >= 4 is 11.8 Å². The number of amidine groups is 1. The smallest absolute Gasteiger partial charge is 0.376 e. The van der Waals surface area contributed by atoms with Crippen LogP contribution < -0.4 is 5.32 Å². The summed E-state index contributed by atoms with van der Waals surface area (Å²) in [6, 6.07) is 6.02. The maximum absolute atomic E-state index is 13.1. The zero-order valence-electron chi connectivity index (χ0n) is 23.6. The third-order valence-electron chi connectivity index (χ3n) is 9.24. The van der Waals surface area contributed by atoms with Crippen molar-refractivity contribution in [2.75, 3.05) is 31.6 Å². The highest BCUT2D eigenvalue weighted by molar-refractivity contribution is 5.82. The Bertz CT molecular complexity index is 1210. The SMILES string of the molecule is CC[C@@H]1CN(C2Nc3nncn3C3C2N=C(C)N3C[C@@H]2CCCO2)[C@@H](C)CN1[C@@H](C)c1ccc(C(F)(F)F)cc1. The molecule has 1 aromatic carbocycles. The van der Waals surface area contributed by atoms with Gasteiger partial charge in [0, 0.05) is 44.4 Å². The second-order valence-electron chi connectivity index (χ2n) is 11.6. The number of fused-ring (bicyclic) bond motifs is 3. The molecule has 3 unspecified atom stereocenters. The number of hydrogen-bond donors (Lipinski definition) is 1. The molecule has 218 valence electrons. The molecule has 0 aliphatic carbocycles. The number of rotatable bonds is 6. The minimum Gasteiger partial charge on any atom is -0.376 e. The van der Waals surface area contributed by atoms with Crippen molar-refractivity contribution in [3.63, 3.8) is 0 Å². The molecule has 9 nitrogen and oxygen atoms in total. The summed E-state index contributed by atoms with van der Waals surface area (Å²) in [5.74, 6) is 1.75. The number of anilines is 1. The first-order valence-corrected chi connectivity index (χ1v) is 14.4. The Balaban J connectivity index is 1.22. The van der Waals surface area contributed by atoms with Crippen molar-refractivity contribution in [2.24, 2.45) is 4.99 Å². The van der Waals surface area contributed by atoms with Crippen molar-refractivity contribution in [3.8, 4) is 0 Å². The van der Waals surface area contributed by atoms with E-state index in [1.54, 1.807) is 18.5 Å².